The van der Waals surface area contributed by atoms with Crippen LogP contribution >= 0.6 is 0 Å². The van der Waals surface area contributed by atoms with E-state index < -0.39 is 0 Å². The molecule has 0 amide bonds. The van der Waals surface area contributed by atoms with Gasteiger partial charge in [-0.2, -0.15) is 0 Å². The third kappa shape index (κ3) is 2.02. The first kappa shape index (κ1) is 8.71. The van der Waals surface area contributed by atoms with E-state index in [1.807, 2.05) is 6.92 Å². The lowest BCUT2D eigenvalue weighted by atomic mass is 9.95. The summed E-state index contributed by atoms with van der Waals surface area (Å²) in [5.41, 5.74) is 3.85. The van der Waals surface area contributed by atoms with Crippen LogP contribution in [-0.4, -0.2) is 19.3 Å². The van der Waals surface area contributed by atoms with Crippen LogP contribution in [0.5, 0.6) is 0 Å². The van der Waals surface area contributed by atoms with Crippen LogP contribution in [0, 0.1) is 5.92 Å². The predicted molar refractivity (Wildman–Crippen MR) is 44.9 cm³/mol. The zero-order chi connectivity index (χ0) is 8.27. The molecule has 2 unspecified atom stereocenters. The van der Waals surface area contributed by atoms with E-state index in [0.717, 1.165) is 25.2 Å². The molecule has 11 heavy (non-hydrogen) atoms. The molecule has 1 heterocycles. The van der Waals surface area contributed by atoms with Crippen LogP contribution in [0.25, 0.3) is 0 Å². The van der Waals surface area contributed by atoms with Crippen molar-refractivity contribution in [3.8, 4) is 0 Å². The third-order valence-corrected chi connectivity index (χ3v) is 2.15. The van der Waals surface area contributed by atoms with Gasteiger partial charge in [0.05, 0.1) is 6.61 Å². The van der Waals surface area contributed by atoms with Gasteiger partial charge in [0.15, 0.2) is 0 Å². The first-order valence-corrected chi connectivity index (χ1v) is 3.95. The highest BCUT2D eigenvalue weighted by molar-refractivity contribution is 5.04. The Morgan fingerprint density at radius 2 is 2.55 bits per heavy atom. The zero-order valence-corrected chi connectivity index (χ0v) is 6.97. The minimum absolute atomic E-state index is 0.220. The first-order valence-electron chi connectivity index (χ1n) is 3.95. The monoisotopic (exact) mass is 156 g/mol. The van der Waals surface area contributed by atoms with Gasteiger partial charge in [-0.15, -0.1) is 0 Å². The summed E-state index contributed by atoms with van der Waals surface area (Å²) in [5.74, 6) is 5.90. The minimum Gasteiger partial charge on any atom is -0.381 e. The van der Waals surface area contributed by atoms with Crippen molar-refractivity contribution >= 4 is 0 Å². The molecule has 64 valence electrons. The number of nitrogens with two attached hydrogens (primary N) is 1. The lowest BCUT2D eigenvalue weighted by molar-refractivity contribution is 0.180. The van der Waals surface area contributed by atoms with E-state index in [-0.39, 0.29) is 6.04 Å². The Balaban J connectivity index is 2.46. The zero-order valence-electron chi connectivity index (χ0n) is 6.97. The summed E-state index contributed by atoms with van der Waals surface area (Å²) < 4.78 is 5.25. The van der Waals surface area contributed by atoms with Crippen LogP contribution in [-0.2, 0) is 4.74 Å². The Kier molecular flexibility index (Phi) is 3.05. The summed E-state index contributed by atoms with van der Waals surface area (Å²) in [5, 5.41) is 0. The Morgan fingerprint density at radius 1 is 1.82 bits per heavy atom. The van der Waals surface area contributed by atoms with E-state index in [0.29, 0.717) is 5.92 Å². The van der Waals surface area contributed by atoms with Crippen LogP contribution in [0.15, 0.2) is 12.2 Å². The average Bonchev–Trinajstić information content (AvgIpc) is 2.40. The Morgan fingerprint density at radius 3 is 2.91 bits per heavy atom. The topological polar surface area (TPSA) is 47.3 Å². The normalized spacial score (nSPS) is 26.9. The van der Waals surface area contributed by atoms with Gasteiger partial charge < -0.3 is 4.74 Å². The van der Waals surface area contributed by atoms with Crippen molar-refractivity contribution in [2.75, 3.05) is 13.2 Å². The van der Waals surface area contributed by atoms with Crippen LogP contribution in [0.4, 0.5) is 0 Å². The molecule has 3 N–H and O–H groups in total. The summed E-state index contributed by atoms with van der Waals surface area (Å²) >= 11 is 0. The van der Waals surface area contributed by atoms with Crippen molar-refractivity contribution in [1.29, 1.82) is 0 Å². The Hall–Kier alpha value is -0.380. The molecule has 1 fully saturated rings. The van der Waals surface area contributed by atoms with Crippen molar-refractivity contribution in [1.82, 2.24) is 5.43 Å². The van der Waals surface area contributed by atoms with E-state index in [2.05, 4.69) is 12.0 Å². The van der Waals surface area contributed by atoms with Gasteiger partial charge in [-0.25, -0.2) is 0 Å². The maximum Gasteiger partial charge on any atom is 0.0513 e. The molecule has 0 spiro atoms. The van der Waals surface area contributed by atoms with E-state index in [1.54, 1.807) is 0 Å². The van der Waals surface area contributed by atoms with Gasteiger partial charge in [0.25, 0.3) is 0 Å². The van der Waals surface area contributed by atoms with Gasteiger partial charge in [0.1, 0.15) is 0 Å². The highest BCUT2D eigenvalue weighted by Gasteiger charge is 2.24. The molecule has 0 aromatic rings. The molecule has 2 atom stereocenters. The van der Waals surface area contributed by atoms with E-state index in [4.69, 9.17) is 10.6 Å². The van der Waals surface area contributed by atoms with E-state index in [1.165, 1.54) is 0 Å². The maximum atomic E-state index is 5.39. The lowest BCUT2D eigenvalue weighted by Gasteiger charge is -2.21. The standard InChI is InChI=1S/C8H16N2O/c1-6(2)8(10-9)7-3-4-11-5-7/h7-8,10H,1,3-5,9H2,2H3. The second kappa shape index (κ2) is 3.85. The molecule has 0 saturated carbocycles. The van der Waals surface area contributed by atoms with Gasteiger partial charge in [0, 0.05) is 18.6 Å². The van der Waals surface area contributed by atoms with Crippen molar-refractivity contribution in [3.63, 3.8) is 0 Å². The number of nitrogens with one attached hydrogen (secondary N) is 1. The fraction of sp³-hybridized carbons (Fsp3) is 0.750. The fourth-order valence-corrected chi connectivity index (χ4v) is 1.50. The molecular weight excluding hydrogens is 140 g/mol. The Labute approximate surface area is 67.6 Å². The highest BCUT2D eigenvalue weighted by Crippen LogP contribution is 2.19. The van der Waals surface area contributed by atoms with Crippen LogP contribution in [0.3, 0.4) is 0 Å². The third-order valence-electron chi connectivity index (χ3n) is 2.15. The number of hydrogen-bond donors (Lipinski definition) is 2. The van der Waals surface area contributed by atoms with Crippen molar-refractivity contribution in [2.24, 2.45) is 11.8 Å². The summed E-state index contributed by atoms with van der Waals surface area (Å²) in [4.78, 5) is 0. The minimum atomic E-state index is 0.220. The number of hydrogen-bond acceptors (Lipinski definition) is 3. The SMILES string of the molecule is C=C(C)C(NN)C1CCOC1. The summed E-state index contributed by atoms with van der Waals surface area (Å²) in [6.07, 6.45) is 1.09. The number of ether oxygens (including phenoxy) is 1. The van der Waals surface area contributed by atoms with Crippen molar-refractivity contribution < 1.29 is 4.74 Å². The van der Waals surface area contributed by atoms with Crippen molar-refractivity contribution in [2.45, 2.75) is 19.4 Å². The van der Waals surface area contributed by atoms with E-state index >= 15 is 0 Å². The number of hydrazine groups is 1. The van der Waals surface area contributed by atoms with Gasteiger partial charge in [-0.05, 0) is 13.3 Å². The lowest BCUT2D eigenvalue weighted by Crippen LogP contribution is -2.41. The predicted octanol–water partition coefficient (Wildman–Crippen LogP) is 0.431. The van der Waals surface area contributed by atoms with Gasteiger partial charge in [-0.1, -0.05) is 12.2 Å². The van der Waals surface area contributed by atoms with Gasteiger partial charge >= 0.3 is 0 Å². The molecule has 1 aliphatic heterocycles. The fourth-order valence-electron chi connectivity index (χ4n) is 1.50. The quantitative estimate of drug-likeness (QED) is 0.354. The largest absolute Gasteiger partial charge is 0.381 e. The summed E-state index contributed by atoms with van der Waals surface area (Å²) in [6.45, 7) is 7.53. The van der Waals surface area contributed by atoms with Crippen LogP contribution in [0.1, 0.15) is 13.3 Å². The maximum absolute atomic E-state index is 5.39. The molecule has 1 rings (SSSR count). The second-order valence-corrected chi connectivity index (χ2v) is 3.11. The van der Waals surface area contributed by atoms with Gasteiger partial charge in [0.2, 0.25) is 0 Å². The van der Waals surface area contributed by atoms with Crippen LogP contribution < -0.4 is 11.3 Å². The first-order chi connectivity index (χ1) is 5.25. The molecule has 0 radical (unpaired) electrons. The molecule has 0 aromatic heterocycles. The van der Waals surface area contributed by atoms with Crippen molar-refractivity contribution in [3.05, 3.63) is 12.2 Å². The molecular formula is C8H16N2O. The molecule has 0 aromatic carbocycles. The average molecular weight is 156 g/mol. The molecule has 0 bridgehead atoms. The summed E-state index contributed by atoms with van der Waals surface area (Å²) in [7, 11) is 0. The smallest absolute Gasteiger partial charge is 0.0513 e. The Bertz CT molecular complexity index is 141. The summed E-state index contributed by atoms with van der Waals surface area (Å²) in [6, 6.07) is 0.220. The molecule has 3 nitrogen and oxygen atoms in total. The number of rotatable bonds is 3. The molecule has 1 aliphatic rings. The van der Waals surface area contributed by atoms with Crippen LogP contribution in [0.2, 0.25) is 0 Å². The molecule has 3 heteroatoms. The molecule has 1 saturated heterocycles. The van der Waals surface area contributed by atoms with Gasteiger partial charge in [-0.3, -0.25) is 11.3 Å². The highest BCUT2D eigenvalue weighted by atomic mass is 16.5. The second-order valence-electron chi connectivity index (χ2n) is 3.11. The molecule has 0 aliphatic carbocycles. The van der Waals surface area contributed by atoms with E-state index in [9.17, 15) is 0 Å².